The lowest BCUT2D eigenvalue weighted by Gasteiger charge is -2.18. The third-order valence-electron chi connectivity index (χ3n) is 3.63. The van der Waals surface area contributed by atoms with Gasteiger partial charge >= 0.3 is 5.97 Å². The Morgan fingerprint density at radius 1 is 1.05 bits per heavy atom. The van der Waals surface area contributed by atoms with E-state index in [0.717, 1.165) is 12.8 Å². The normalized spacial score (nSPS) is 13.5. The first-order valence-electron chi connectivity index (χ1n) is 8.59. The second-order valence-corrected chi connectivity index (χ2v) is 6.31. The van der Waals surface area contributed by atoms with Gasteiger partial charge in [0.15, 0.2) is 0 Å². The average Bonchev–Trinajstić information content (AvgIpc) is 2.47. The molecule has 0 saturated heterocycles. The van der Waals surface area contributed by atoms with Crippen LogP contribution in [-0.2, 0) is 14.3 Å². The summed E-state index contributed by atoms with van der Waals surface area (Å²) < 4.78 is 5.36. The van der Waals surface area contributed by atoms with Gasteiger partial charge in [0, 0.05) is 12.7 Å². The average molecular weight is 332 g/mol. The molecule has 0 radical (unpaired) electrons. The zero-order chi connectivity index (χ0) is 16.8. The third-order valence-corrected chi connectivity index (χ3v) is 3.99. The van der Waals surface area contributed by atoms with E-state index in [2.05, 4.69) is 24.9 Å². The number of rotatable bonds is 13. The van der Waals surface area contributed by atoms with Crippen molar-refractivity contribution >= 4 is 24.5 Å². The minimum absolute atomic E-state index is 0.108. The summed E-state index contributed by atoms with van der Waals surface area (Å²) in [4.78, 5) is 22.9. The Hall–Kier alpha value is -0.710. The van der Waals surface area contributed by atoms with E-state index in [9.17, 15) is 9.59 Å². The highest BCUT2D eigenvalue weighted by Gasteiger charge is 2.21. The lowest BCUT2D eigenvalue weighted by molar-refractivity contribution is -0.151. The number of unbranched alkanes of at least 4 members (excludes halogenated alkanes) is 7. The molecular formula is C17H33NO3S. The van der Waals surface area contributed by atoms with E-state index in [4.69, 9.17) is 4.74 Å². The molecule has 1 unspecified atom stereocenters. The van der Waals surface area contributed by atoms with Gasteiger partial charge in [0.2, 0.25) is 5.91 Å². The van der Waals surface area contributed by atoms with Crippen molar-refractivity contribution in [3.8, 4) is 0 Å². The Bertz CT molecular complexity index is 310. The summed E-state index contributed by atoms with van der Waals surface area (Å²) in [7, 11) is 0. The Balaban J connectivity index is 3.69. The molecule has 0 fully saturated rings. The van der Waals surface area contributed by atoms with Gasteiger partial charge in [-0.15, -0.1) is 0 Å². The fraction of sp³-hybridized carbons (Fsp3) is 0.882. The number of carbonyl (C=O) groups is 2. The van der Waals surface area contributed by atoms with Crippen molar-refractivity contribution in [3.05, 3.63) is 0 Å². The maximum absolute atomic E-state index is 11.9. The molecule has 5 heteroatoms. The second-order valence-electron chi connectivity index (χ2n) is 5.95. The molecule has 130 valence electrons. The van der Waals surface area contributed by atoms with Crippen LogP contribution in [-0.4, -0.2) is 29.8 Å². The summed E-state index contributed by atoms with van der Waals surface area (Å²) in [6.45, 7) is 5.52. The lowest BCUT2D eigenvalue weighted by atomic mass is 10.1. The molecule has 0 aromatic heterocycles. The molecular weight excluding hydrogens is 298 g/mol. The molecule has 0 bridgehead atoms. The molecule has 0 aliphatic heterocycles. The van der Waals surface area contributed by atoms with Crippen LogP contribution < -0.4 is 5.32 Å². The van der Waals surface area contributed by atoms with Crippen LogP contribution in [0.3, 0.4) is 0 Å². The largest absolute Gasteiger partial charge is 0.461 e. The van der Waals surface area contributed by atoms with Crippen molar-refractivity contribution in [2.24, 2.45) is 0 Å². The number of thiol groups is 1. The molecule has 0 rings (SSSR count). The number of nitrogens with one attached hydrogen (secondary N) is 1. The highest BCUT2D eigenvalue weighted by Crippen LogP contribution is 2.12. The second kappa shape index (κ2) is 13.9. The fourth-order valence-corrected chi connectivity index (χ4v) is 2.57. The highest BCUT2D eigenvalue weighted by atomic mass is 32.1. The number of hydrogen-bond donors (Lipinski definition) is 2. The van der Waals surface area contributed by atoms with Crippen LogP contribution in [0.15, 0.2) is 0 Å². The van der Waals surface area contributed by atoms with Crippen LogP contribution in [0.25, 0.3) is 0 Å². The Morgan fingerprint density at radius 3 is 2.09 bits per heavy atom. The van der Waals surface area contributed by atoms with Gasteiger partial charge in [-0.2, -0.15) is 12.6 Å². The first-order valence-corrected chi connectivity index (χ1v) is 9.23. The molecule has 0 aliphatic rings. The van der Waals surface area contributed by atoms with Crippen molar-refractivity contribution in [1.82, 2.24) is 5.32 Å². The minimum atomic E-state index is -0.651. The number of esters is 1. The van der Waals surface area contributed by atoms with Gasteiger partial charge < -0.3 is 10.1 Å². The smallest absolute Gasteiger partial charge is 0.329 e. The summed E-state index contributed by atoms with van der Waals surface area (Å²) in [5.74, 6) is -0.382. The van der Waals surface area contributed by atoms with Gasteiger partial charge in [-0.05, 0) is 19.8 Å². The van der Waals surface area contributed by atoms with Crippen LogP contribution in [0.1, 0.15) is 78.6 Å². The van der Waals surface area contributed by atoms with Crippen LogP contribution in [0.5, 0.6) is 0 Å². The first kappa shape index (κ1) is 21.3. The van der Waals surface area contributed by atoms with Crippen LogP contribution in [0, 0.1) is 0 Å². The van der Waals surface area contributed by atoms with E-state index in [1.54, 1.807) is 0 Å². The Labute approximate surface area is 141 Å². The zero-order valence-corrected chi connectivity index (χ0v) is 15.3. The summed E-state index contributed by atoms with van der Waals surface area (Å²) in [6, 6.07) is -0.651. The summed E-state index contributed by atoms with van der Waals surface area (Å²) in [6.07, 6.45) is 10.9. The summed E-state index contributed by atoms with van der Waals surface area (Å²) in [5, 5.41) is 2.55. The number of ether oxygens (including phenoxy) is 1. The summed E-state index contributed by atoms with van der Waals surface area (Å²) in [5.41, 5.74) is 0. The number of carbonyl (C=O) groups excluding carboxylic acids is 2. The number of amides is 1. The van der Waals surface area contributed by atoms with E-state index in [1.807, 2.05) is 6.92 Å². The molecule has 4 nitrogen and oxygen atoms in total. The maximum atomic E-state index is 11.9. The van der Waals surface area contributed by atoms with E-state index < -0.39 is 12.0 Å². The van der Waals surface area contributed by atoms with Gasteiger partial charge in [0.25, 0.3) is 0 Å². The highest BCUT2D eigenvalue weighted by molar-refractivity contribution is 7.80. The summed E-state index contributed by atoms with van der Waals surface area (Å²) >= 11 is 4.07. The Kier molecular flexibility index (Phi) is 13.5. The van der Waals surface area contributed by atoms with E-state index in [1.165, 1.54) is 51.9 Å². The van der Waals surface area contributed by atoms with E-state index >= 15 is 0 Å². The lowest BCUT2D eigenvalue weighted by Crippen LogP contribution is -2.43. The van der Waals surface area contributed by atoms with Gasteiger partial charge in [-0.3, -0.25) is 4.79 Å². The molecule has 0 aromatic carbocycles. The zero-order valence-electron chi connectivity index (χ0n) is 14.4. The standard InChI is InChI=1S/C17H33NO3S/c1-4-5-6-7-8-9-10-11-12-14(2)21-17(20)16(13-22)18-15(3)19/h14,16,22H,4-13H2,1-3H3,(H,18,19)/t14?,16-/m0/s1. The van der Waals surface area contributed by atoms with Gasteiger partial charge in [-0.1, -0.05) is 51.9 Å². The van der Waals surface area contributed by atoms with Gasteiger partial charge in [0.05, 0.1) is 6.10 Å². The third kappa shape index (κ3) is 11.9. The fourth-order valence-electron chi connectivity index (χ4n) is 2.33. The maximum Gasteiger partial charge on any atom is 0.329 e. The van der Waals surface area contributed by atoms with Crippen LogP contribution in [0.2, 0.25) is 0 Å². The molecule has 0 aliphatic carbocycles. The van der Waals surface area contributed by atoms with Crippen molar-refractivity contribution in [1.29, 1.82) is 0 Å². The van der Waals surface area contributed by atoms with E-state index in [-0.39, 0.29) is 17.8 Å². The van der Waals surface area contributed by atoms with Crippen molar-refractivity contribution in [2.75, 3.05) is 5.75 Å². The van der Waals surface area contributed by atoms with E-state index in [0.29, 0.717) is 0 Å². The van der Waals surface area contributed by atoms with Gasteiger partial charge in [-0.25, -0.2) is 4.79 Å². The SMILES string of the molecule is CCCCCCCCCCC(C)OC(=O)[C@H](CS)NC(C)=O. The quantitative estimate of drug-likeness (QED) is 0.306. The molecule has 0 aromatic rings. The monoisotopic (exact) mass is 331 g/mol. The number of hydrogen-bond acceptors (Lipinski definition) is 4. The van der Waals surface area contributed by atoms with Crippen molar-refractivity contribution < 1.29 is 14.3 Å². The van der Waals surface area contributed by atoms with Crippen LogP contribution in [0.4, 0.5) is 0 Å². The molecule has 0 saturated carbocycles. The molecule has 0 spiro atoms. The molecule has 0 heterocycles. The Morgan fingerprint density at radius 2 is 1.59 bits per heavy atom. The molecule has 1 N–H and O–H groups in total. The van der Waals surface area contributed by atoms with Crippen molar-refractivity contribution in [3.63, 3.8) is 0 Å². The van der Waals surface area contributed by atoms with Crippen LogP contribution >= 0.6 is 12.6 Å². The minimum Gasteiger partial charge on any atom is -0.461 e. The predicted molar refractivity (Wildman–Crippen MR) is 94.2 cm³/mol. The predicted octanol–water partition coefficient (Wildman–Crippen LogP) is 3.88. The molecule has 22 heavy (non-hydrogen) atoms. The topological polar surface area (TPSA) is 55.4 Å². The molecule has 2 atom stereocenters. The van der Waals surface area contributed by atoms with Gasteiger partial charge in [0.1, 0.15) is 6.04 Å². The van der Waals surface area contributed by atoms with Crippen molar-refractivity contribution in [2.45, 2.75) is 90.7 Å². The molecule has 1 amide bonds. The first-order chi connectivity index (χ1) is 10.5.